The first-order valence-electron chi connectivity index (χ1n) is 16.3. The van der Waals surface area contributed by atoms with Gasteiger partial charge in [0.2, 0.25) is 0 Å². The van der Waals surface area contributed by atoms with Crippen LogP contribution in [0.4, 0.5) is 5.69 Å². The smallest absolute Gasteiger partial charge is 0.340 e. The summed E-state index contributed by atoms with van der Waals surface area (Å²) in [6.07, 6.45) is 1.43. The first kappa shape index (κ1) is 32.9. The molecule has 0 aliphatic carbocycles. The highest BCUT2D eigenvalue weighted by Crippen LogP contribution is 2.43. The second kappa shape index (κ2) is 15.7. The molecule has 0 spiro atoms. The second-order valence-electron chi connectivity index (χ2n) is 11.7. The van der Waals surface area contributed by atoms with E-state index in [1.807, 2.05) is 43.0 Å². The maximum atomic E-state index is 14.0. The van der Waals surface area contributed by atoms with Crippen LogP contribution in [0, 0.1) is 0 Å². The molecular formula is C38H43N3O5S. The van der Waals surface area contributed by atoms with E-state index >= 15 is 0 Å². The molecule has 6 rings (SSSR count). The van der Waals surface area contributed by atoms with Crippen LogP contribution < -0.4 is 14.4 Å². The number of hydrogen-bond acceptors (Lipinski definition) is 9. The van der Waals surface area contributed by atoms with Gasteiger partial charge in [0, 0.05) is 48.8 Å². The Morgan fingerprint density at radius 1 is 0.936 bits per heavy atom. The average Bonchev–Trinajstić information content (AvgIpc) is 3.46. The third kappa shape index (κ3) is 7.59. The first-order valence-corrected chi connectivity index (χ1v) is 17.3. The average molecular weight is 654 g/mol. The molecule has 4 aromatic rings. The minimum absolute atomic E-state index is 0.0109. The van der Waals surface area contributed by atoms with Gasteiger partial charge in [-0.05, 0) is 48.7 Å². The summed E-state index contributed by atoms with van der Waals surface area (Å²) in [7, 11) is 3.32. The van der Waals surface area contributed by atoms with Crippen LogP contribution in [0.5, 0.6) is 11.5 Å². The summed E-state index contributed by atoms with van der Waals surface area (Å²) in [6, 6.07) is 27.0. The van der Waals surface area contributed by atoms with Crippen LogP contribution in [0.25, 0.3) is 0 Å². The maximum Gasteiger partial charge on any atom is 0.340 e. The number of ether oxygens (including phenoxy) is 4. The topological polar surface area (TPSA) is 73.4 Å². The summed E-state index contributed by atoms with van der Waals surface area (Å²) in [5, 5.41) is 0. The number of morpholine rings is 1. The molecule has 1 unspecified atom stereocenters. The van der Waals surface area contributed by atoms with Crippen molar-refractivity contribution in [3.8, 4) is 11.5 Å². The van der Waals surface area contributed by atoms with E-state index in [9.17, 15) is 4.79 Å². The number of benzene rings is 3. The van der Waals surface area contributed by atoms with Crippen molar-refractivity contribution in [2.45, 2.75) is 37.2 Å². The Bertz CT molecular complexity index is 1650. The largest absolute Gasteiger partial charge is 0.493 e. The van der Waals surface area contributed by atoms with Crippen LogP contribution in [0.3, 0.4) is 0 Å². The van der Waals surface area contributed by atoms with Gasteiger partial charge in [0.1, 0.15) is 0 Å². The standard InChI is InChI=1S/C38H43N3O5S/c1-4-46-38(42)35-30-25-41(18-17-28-15-16-33(43-2)34(24-28)44-3)32(26-47-29-13-9-6-10-14-29)36(30)39-31(23-27-11-7-5-8-12-27)37(35)40-19-21-45-22-20-40/h5-16,24,32H,4,17-23,25-26H2,1-3H3. The van der Waals surface area contributed by atoms with Crippen molar-refractivity contribution >= 4 is 23.4 Å². The highest BCUT2D eigenvalue weighted by molar-refractivity contribution is 7.99. The molecule has 0 amide bonds. The number of rotatable bonds is 13. The van der Waals surface area contributed by atoms with Gasteiger partial charge in [-0.25, -0.2) is 4.79 Å². The highest BCUT2D eigenvalue weighted by atomic mass is 32.2. The summed E-state index contributed by atoms with van der Waals surface area (Å²) in [6.45, 7) is 6.20. The van der Waals surface area contributed by atoms with Crippen molar-refractivity contribution in [2.24, 2.45) is 0 Å². The Kier molecular flexibility index (Phi) is 11.0. The van der Waals surface area contributed by atoms with Gasteiger partial charge >= 0.3 is 5.97 Å². The fourth-order valence-electron chi connectivity index (χ4n) is 6.49. The Labute approximate surface area is 282 Å². The molecule has 1 aromatic heterocycles. The number of thioether (sulfide) groups is 1. The lowest BCUT2D eigenvalue weighted by Gasteiger charge is -2.32. The zero-order valence-corrected chi connectivity index (χ0v) is 28.3. The van der Waals surface area contributed by atoms with E-state index in [0.29, 0.717) is 57.2 Å². The van der Waals surface area contributed by atoms with Crippen LogP contribution in [0.1, 0.15) is 51.4 Å². The Morgan fingerprint density at radius 2 is 1.66 bits per heavy atom. The zero-order valence-electron chi connectivity index (χ0n) is 27.4. The van der Waals surface area contributed by atoms with Gasteiger partial charge < -0.3 is 23.8 Å². The fourth-order valence-corrected chi connectivity index (χ4v) is 7.55. The molecule has 0 N–H and O–H groups in total. The quantitative estimate of drug-likeness (QED) is 0.117. The van der Waals surface area contributed by atoms with Crippen molar-refractivity contribution in [3.63, 3.8) is 0 Å². The highest BCUT2D eigenvalue weighted by Gasteiger charge is 2.39. The van der Waals surface area contributed by atoms with Crippen molar-refractivity contribution in [3.05, 3.63) is 113 Å². The number of fused-ring (bicyclic) bond motifs is 1. The second-order valence-corrected chi connectivity index (χ2v) is 12.8. The number of nitrogens with zero attached hydrogens (tertiary/aromatic N) is 3. The molecule has 0 saturated carbocycles. The fraction of sp³-hybridized carbons (Fsp3) is 0.368. The minimum Gasteiger partial charge on any atom is -0.493 e. The predicted octanol–water partition coefficient (Wildman–Crippen LogP) is 6.59. The number of hydrogen-bond donors (Lipinski definition) is 0. The third-order valence-electron chi connectivity index (χ3n) is 8.80. The molecular weight excluding hydrogens is 611 g/mol. The van der Waals surface area contributed by atoms with Gasteiger partial charge in [-0.3, -0.25) is 9.88 Å². The van der Waals surface area contributed by atoms with E-state index in [1.165, 1.54) is 4.90 Å². The van der Waals surface area contributed by atoms with Crippen LogP contribution in [-0.4, -0.2) is 75.3 Å². The first-order chi connectivity index (χ1) is 23.1. The third-order valence-corrected chi connectivity index (χ3v) is 9.89. The summed E-state index contributed by atoms with van der Waals surface area (Å²) < 4.78 is 22.6. The van der Waals surface area contributed by atoms with E-state index < -0.39 is 0 Å². The van der Waals surface area contributed by atoms with E-state index in [4.69, 9.17) is 23.9 Å². The Hall–Kier alpha value is -4.05. The molecule has 0 bridgehead atoms. The molecule has 246 valence electrons. The van der Waals surface area contributed by atoms with Crippen molar-refractivity contribution in [1.29, 1.82) is 0 Å². The lowest BCUT2D eigenvalue weighted by Crippen LogP contribution is -2.38. The Morgan fingerprint density at radius 3 is 2.36 bits per heavy atom. The summed E-state index contributed by atoms with van der Waals surface area (Å²) in [5.74, 6) is 1.96. The van der Waals surface area contributed by atoms with Crippen LogP contribution in [-0.2, 0) is 28.9 Å². The minimum atomic E-state index is -0.279. The number of methoxy groups -OCH3 is 2. The summed E-state index contributed by atoms with van der Waals surface area (Å²) in [5.41, 5.74) is 6.74. The molecule has 47 heavy (non-hydrogen) atoms. The van der Waals surface area contributed by atoms with Gasteiger partial charge in [0.25, 0.3) is 0 Å². The number of carbonyl (C=O) groups is 1. The number of aromatic nitrogens is 1. The van der Waals surface area contributed by atoms with Crippen LogP contribution >= 0.6 is 11.8 Å². The van der Waals surface area contributed by atoms with E-state index in [1.54, 1.807) is 14.2 Å². The maximum absolute atomic E-state index is 14.0. The van der Waals surface area contributed by atoms with Crippen molar-refractivity contribution in [1.82, 2.24) is 9.88 Å². The molecule has 0 radical (unpaired) electrons. The summed E-state index contributed by atoms with van der Waals surface area (Å²) in [4.78, 5) is 25.5. The van der Waals surface area contributed by atoms with Gasteiger partial charge in [-0.1, -0.05) is 54.6 Å². The lowest BCUT2D eigenvalue weighted by molar-refractivity contribution is 0.0524. The van der Waals surface area contributed by atoms with E-state index in [-0.39, 0.29) is 12.0 Å². The molecule has 2 aliphatic heterocycles. The molecule has 3 aromatic carbocycles. The SMILES string of the molecule is CCOC(=O)c1c2c(nc(Cc3ccccc3)c1N1CCOCC1)C(CSc1ccccc1)N(CCc1ccc(OC)c(OC)c1)C2. The van der Waals surface area contributed by atoms with E-state index in [0.717, 1.165) is 58.2 Å². The molecule has 9 heteroatoms. The normalized spacial score (nSPS) is 16.1. The lowest BCUT2D eigenvalue weighted by atomic mass is 9.97. The monoisotopic (exact) mass is 653 g/mol. The van der Waals surface area contributed by atoms with Crippen molar-refractivity contribution < 1.29 is 23.7 Å². The van der Waals surface area contributed by atoms with Crippen molar-refractivity contribution in [2.75, 3.05) is 64.3 Å². The molecule has 3 heterocycles. The number of carbonyl (C=O) groups excluding carboxylic acids is 1. The molecule has 8 nitrogen and oxygen atoms in total. The molecule has 1 fully saturated rings. The summed E-state index contributed by atoms with van der Waals surface area (Å²) >= 11 is 1.82. The van der Waals surface area contributed by atoms with Gasteiger partial charge in [-0.15, -0.1) is 11.8 Å². The van der Waals surface area contributed by atoms with Gasteiger partial charge in [0.05, 0.1) is 62.7 Å². The van der Waals surface area contributed by atoms with E-state index in [2.05, 4.69) is 64.4 Å². The van der Waals surface area contributed by atoms with Gasteiger partial charge in [0.15, 0.2) is 11.5 Å². The molecule has 2 aliphatic rings. The zero-order chi connectivity index (χ0) is 32.6. The van der Waals surface area contributed by atoms with Crippen LogP contribution in [0.2, 0.25) is 0 Å². The van der Waals surface area contributed by atoms with Gasteiger partial charge in [-0.2, -0.15) is 0 Å². The number of pyridine rings is 1. The number of esters is 1. The predicted molar refractivity (Wildman–Crippen MR) is 186 cm³/mol. The molecule has 1 atom stereocenters. The number of anilines is 1. The van der Waals surface area contributed by atoms with Crippen LogP contribution in [0.15, 0.2) is 83.8 Å². The Balaban J connectivity index is 1.43. The molecule has 1 saturated heterocycles.